The minimum absolute atomic E-state index is 0.0288. The highest BCUT2D eigenvalue weighted by molar-refractivity contribution is 7.16. The summed E-state index contributed by atoms with van der Waals surface area (Å²) in [6, 6.07) is 13.2. The number of nitrogens with zero attached hydrogens (tertiary/aromatic N) is 1. The molecule has 0 saturated heterocycles. The molecule has 0 aliphatic heterocycles. The second kappa shape index (κ2) is 6.38. The van der Waals surface area contributed by atoms with Crippen molar-refractivity contribution in [1.82, 2.24) is 4.57 Å². The van der Waals surface area contributed by atoms with Crippen LogP contribution in [0.3, 0.4) is 0 Å². The van der Waals surface area contributed by atoms with E-state index >= 15 is 0 Å². The number of amides is 1. The van der Waals surface area contributed by atoms with E-state index in [1.807, 2.05) is 49.4 Å². The highest BCUT2D eigenvalue weighted by Gasteiger charge is 2.09. The molecular weight excluding hydrogens is 308 g/mol. The maximum absolute atomic E-state index is 12.3. The van der Waals surface area contributed by atoms with Crippen LogP contribution >= 0.6 is 11.3 Å². The Balaban J connectivity index is 1.85. The summed E-state index contributed by atoms with van der Waals surface area (Å²) >= 11 is 1.20. The lowest BCUT2D eigenvalue weighted by atomic mass is 10.1. The zero-order chi connectivity index (χ0) is 16.4. The number of anilines is 1. The topological polar surface area (TPSA) is 51.1 Å². The molecule has 0 bridgehead atoms. The first-order valence-corrected chi connectivity index (χ1v) is 8.47. The average Bonchev–Trinajstić information content (AvgIpc) is 2.89. The summed E-state index contributed by atoms with van der Waals surface area (Å²) in [5.41, 5.74) is 3.44. The predicted molar refractivity (Wildman–Crippen MR) is 95.5 cm³/mol. The van der Waals surface area contributed by atoms with Gasteiger partial charge in [0, 0.05) is 17.8 Å². The normalized spacial score (nSPS) is 10.9. The summed E-state index contributed by atoms with van der Waals surface area (Å²) in [6.45, 7) is 4.68. The number of carbonyl (C=O) groups is 1. The van der Waals surface area contributed by atoms with Crippen LogP contribution in [0.25, 0.3) is 10.2 Å². The number of aryl methyl sites for hydroxylation is 2. The molecule has 23 heavy (non-hydrogen) atoms. The number of hydrogen-bond donors (Lipinski definition) is 1. The van der Waals surface area contributed by atoms with E-state index in [1.165, 1.54) is 16.9 Å². The summed E-state index contributed by atoms with van der Waals surface area (Å²) in [7, 11) is 0. The van der Waals surface area contributed by atoms with Crippen LogP contribution in [0.2, 0.25) is 0 Å². The SMILES string of the molecule is CCc1ccc(C(=O)Nc2ccc3c(c2)sc(=O)n3CC)cc1. The molecule has 0 unspecified atom stereocenters. The summed E-state index contributed by atoms with van der Waals surface area (Å²) in [4.78, 5) is 24.2. The molecule has 5 heteroatoms. The molecule has 0 fully saturated rings. The van der Waals surface area contributed by atoms with E-state index in [-0.39, 0.29) is 10.8 Å². The van der Waals surface area contributed by atoms with Crippen LogP contribution in [-0.4, -0.2) is 10.5 Å². The summed E-state index contributed by atoms with van der Waals surface area (Å²) in [5, 5.41) is 2.89. The second-order valence-electron chi connectivity index (χ2n) is 5.30. The molecule has 0 saturated carbocycles. The number of fused-ring (bicyclic) bond motifs is 1. The van der Waals surface area contributed by atoms with Gasteiger partial charge in [-0.3, -0.25) is 14.2 Å². The zero-order valence-electron chi connectivity index (χ0n) is 13.1. The van der Waals surface area contributed by atoms with Crippen LogP contribution in [0.5, 0.6) is 0 Å². The van der Waals surface area contributed by atoms with Gasteiger partial charge in [-0.15, -0.1) is 0 Å². The number of thiazole rings is 1. The van der Waals surface area contributed by atoms with Gasteiger partial charge < -0.3 is 5.32 Å². The van der Waals surface area contributed by atoms with Crippen LogP contribution in [0.1, 0.15) is 29.8 Å². The molecule has 1 N–H and O–H groups in total. The molecular formula is C18H18N2O2S. The fourth-order valence-corrected chi connectivity index (χ4v) is 3.53. The van der Waals surface area contributed by atoms with E-state index in [9.17, 15) is 9.59 Å². The Morgan fingerprint density at radius 3 is 2.52 bits per heavy atom. The average molecular weight is 326 g/mol. The molecule has 2 aromatic carbocycles. The molecule has 3 rings (SSSR count). The van der Waals surface area contributed by atoms with Crippen molar-refractivity contribution in [3.63, 3.8) is 0 Å². The van der Waals surface area contributed by atoms with Crippen molar-refractivity contribution in [3.05, 3.63) is 63.3 Å². The summed E-state index contributed by atoms with van der Waals surface area (Å²) < 4.78 is 2.62. The molecule has 1 heterocycles. The van der Waals surface area contributed by atoms with Crippen molar-refractivity contribution in [2.45, 2.75) is 26.8 Å². The number of aromatic nitrogens is 1. The Morgan fingerprint density at radius 2 is 1.87 bits per heavy atom. The number of carbonyl (C=O) groups excluding carboxylic acids is 1. The Hall–Kier alpha value is -2.40. The van der Waals surface area contributed by atoms with E-state index in [0.717, 1.165) is 16.6 Å². The van der Waals surface area contributed by atoms with E-state index in [0.29, 0.717) is 17.8 Å². The second-order valence-corrected chi connectivity index (χ2v) is 6.29. The molecule has 4 nitrogen and oxygen atoms in total. The lowest BCUT2D eigenvalue weighted by Gasteiger charge is -2.06. The first-order valence-electron chi connectivity index (χ1n) is 7.66. The summed E-state index contributed by atoms with van der Waals surface area (Å²) in [6.07, 6.45) is 0.950. The molecule has 0 atom stereocenters. The van der Waals surface area contributed by atoms with E-state index in [1.54, 1.807) is 4.57 Å². The fourth-order valence-electron chi connectivity index (χ4n) is 2.54. The van der Waals surface area contributed by atoms with Gasteiger partial charge in [-0.2, -0.15) is 0 Å². The smallest absolute Gasteiger partial charge is 0.308 e. The number of benzene rings is 2. The van der Waals surface area contributed by atoms with Gasteiger partial charge in [0.05, 0.1) is 10.2 Å². The maximum Gasteiger partial charge on any atom is 0.308 e. The highest BCUT2D eigenvalue weighted by atomic mass is 32.1. The van der Waals surface area contributed by atoms with Crippen molar-refractivity contribution in [2.75, 3.05) is 5.32 Å². The quantitative estimate of drug-likeness (QED) is 0.790. The van der Waals surface area contributed by atoms with Crippen LogP contribution in [0, 0.1) is 0 Å². The minimum atomic E-state index is -0.144. The van der Waals surface area contributed by atoms with Gasteiger partial charge in [0.2, 0.25) is 0 Å². The molecule has 0 spiro atoms. The molecule has 0 radical (unpaired) electrons. The number of hydrogen-bond acceptors (Lipinski definition) is 3. The van der Waals surface area contributed by atoms with Crippen molar-refractivity contribution in [2.24, 2.45) is 0 Å². The highest BCUT2D eigenvalue weighted by Crippen LogP contribution is 2.22. The Labute approximate surface area is 138 Å². The maximum atomic E-state index is 12.3. The lowest BCUT2D eigenvalue weighted by molar-refractivity contribution is 0.102. The van der Waals surface area contributed by atoms with Gasteiger partial charge in [0.25, 0.3) is 5.91 Å². The van der Waals surface area contributed by atoms with Crippen molar-refractivity contribution < 1.29 is 4.79 Å². The van der Waals surface area contributed by atoms with E-state index in [4.69, 9.17) is 0 Å². The number of rotatable bonds is 4. The van der Waals surface area contributed by atoms with Crippen LogP contribution in [0.4, 0.5) is 5.69 Å². The van der Waals surface area contributed by atoms with Gasteiger partial charge in [-0.25, -0.2) is 0 Å². The van der Waals surface area contributed by atoms with Crippen molar-refractivity contribution in [1.29, 1.82) is 0 Å². The van der Waals surface area contributed by atoms with E-state index in [2.05, 4.69) is 12.2 Å². The van der Waals surface area contributed by atoms with Crippen LogP contribution in [0.15, 0.2) is 47.3 Å². The fraction of sp³-hybridized carbons (Fsp3) is 0.222. The van der Waals surface area contributed by atoms with Crippen LogP contribution < -0.4 is 10.2 Å². The van der Waals surface area contributed by atoms with Gasteiger partial charge in [-0.05, 0) is 49.2 Å². The van der Waals surface area contributed by atoms with Gasteiger partial charge in [-0.1, -0.05) is 30.4 Å². The molecule has 118 valence electrons. The predicted octanol–water partition coefficient (Wildman–Crippen LogP) is 3.90. The molecule has 1 amide bonds. The monoisotopic (exact) mass is 326 g/mol. The minimum Gasteiger partial charge on any atom is -0.322 e. The number of nitrogens with one attached hydrogen (secondary N) is 1. The third-order valence-corrected chi connectivity index (χ3v) is 4.81. The summed E-state index contributed by atoms with van der Waals surface area (Å²) in [5.74, 6) is -0.144. The van der Waals surface area contributed by atoms with Gasteiger partial charge >= 0.3 is 4.87 Å². The first-order chi connectivity index (χ1) is 11.1. The van der Waals surface area contributed by atoms with Gasteiger partial charge in [0.15, 0.2) is 0 Å². The molecule has 1 aromatic heterocycles. The zero-order valence-corrected chi connectivity index (χ0v) is 13.9. The Kier molecular flexibility index (Phi) is 4.30. The first kappa shape index (κ1) is 15.5. The Bertz CT molecular complexity index is 907. The van der Waals surface area contributed by atoms with Crippen molar-refractivity contribution >= 4 is 33.1 Å². The Morgan fingerprint density at radius 1 is 1.13 bits per heavy atom. The van der Waals surface area contributed by atoms with E-state index < -0.39 is 0 Å². The standard InChI is InChI=1S/C18H18N2O2S/c1-3-12-5-7-13(8-6-12)17(21)19-14-9-10-15-16(11-14)23-18(22)20(15)4-2/h5-11H,3-4H2,1-2H3,(H,19,21). The third kappa shape index (κ3) is 3.05. The molecule has 3 aromatic rings. The molecule has 0 aliphatic carbocycles. The van der Waals surface area contributed by atoms with Crippen LogP contribution in [-0.2, 0) is 13.0 Å². The van der Waals surface area contributed by atoms with Crippen molar-refractivity contribution in [3.8, 4) is 0 Å². The van der Waals surface area contributed by atoms with Gasteiger partial charge in [0.1, 0.15) is 0 Å². The molecule has 0 aliphatic rings. The largest absolute Gasteiger partial charge is 0.322 e. The third-order valence-electron chi connectivity index (χ3n) is 3.87. The lowest BCUT2D eigenvalue weighted by Crippen LogP contribution is -2.12.